The van der Waals surface area contributed by atoms with E-state index in [0.29, 0.717) is 11.1 Å². The minimum absolute atomic E-state index is 0.202. The van der Waals surface area contributed by atoms with Crippen LogP contribution in [0.15, 0.2) is 21.8 Å². The standard InChI is InChI=1S/C8H13N3OS/c1-5(2)4-13-8-11-10-7(12-8)6(3)9/h6H,1,4,9H2,2-3H3/t6-/m0/s1. The third-order valence-corrected chi connectivity index (χ3v) is 2.30. The largest absolute Gasteiger partial charge is 0.414 e. The summed E-state index contributed by atoms with van der Waals surface area (Å²) in [6, 6.07) is -0.202. The number of nitrogens with two attached hydrogens (primary N) is 1. The zero-order valence-corrected chi connectivity index (χ0v) is 8.60. The van der Waals surface area contributed by atoms with E-state index >= 15 is 0 Å². The summed E-state index contributed by atoms with van der Waals surface area (Å²) in [5.74, 6) is 1.27. The lowest BCUT2D eigenvalue weighted by atomic mass is 10.4. The average molecular weight is 199 g/mol. The van der Waals surface area contributed by atoms with Gasteiger partial charge < -0.3 is 10.2 Å². The fourth-order valence-corrected chi connectivity index (χ4v) is 1.26. The monoisotopic (exact) mass is 199 g/mol. The Morgan fingerprint density at radius 2 is 2.38 bits per heavy atom. The van der Waals surface area contributed by atoms with Crippen molar-refractivity contribution in [2.45, 2.75) is 25.1 Å². The summed E-state index contributed by atoms with van der Waals surface area (Å²) in [4.78, 5) is 0. The molecule has 1 aromatic rings. The molecule has 1 rings (SSSR count). The van der Waals surface area contributed by atoms with E-state index in [1.54, 1.807) is 6.92 Å². The molecular formula is C8H13N3OS. The molecule has 0 saturated heterocycles. The molecule has 0 bridgehead atoms. The van der Waals surface area contributed by atoms with Crippen LogP contribution in [0.25, 0.3) is 0 Å². The van der Waals surface area contributed by atoms with Gasteiger partial charge in [0.25, 0.3) is 5.22 Å². The van der Waals surface area contributed by atoms with Crippen LogP contribution in [0.3, 0.4) is 0 Å². The molecule has 0 unspecified atom stereocenters. The second kappa shape index (κ2) is 4.43. The van der Waals surface area contributed by atoms with E-state index in [2.05, 4.69) is 16.8 Å². The van der Waals surface area contributed by atoms with Gasteiger partial charge in [-0.3, -0.25) is 0 Å². The van der Waals surface area contributed by atoms with Crippen molar-refractivity contribution in [2.24, 2.45) is 5.73 Å². The molecule has 4 nitrogen and oxygen atoms in total. The molecule has 5 heteroatoms. The van der Waals surface area contributed by atoms with Crippen molar-refractivity contribution in [3.63, 3.8) is 0 Å². The number of nitrogens with zero attached hydrogens (tertiary/aromatic N) is 2. The zero-order valence-electron chi connectivity index (χ0n) is 7.78. The zero-order chi connectivity index (χ0) is 9.84. The Labute approximate surface area is 81.6 Å². The number of aromatic nitrogens is 2. The molecule has 0 aromatic carbocycles. The number of thioether (sulfide) groups is 1. The Morgan fingerprint density at radius 3 is 2.85 bits per heavy atom. The SMILES string of the molecule is C=C(C)CSc1nnc([C@H](C)N)o1. The second-order valence-electron chi connectivity index (χ2n) is 2.94. The minimum atomic E-state index is -0.202. The Hall–Kier alpha value is -0.810. The average Bonchev–Trinajstić information content (AvgIpc) is 2.48. The van der Waals surface area contributed by atoms with Gasteiger partial charge >= 0.3 is 0 Å². The summed E-state index contributed by atoms with van der Waals surface area (Å²) in [5.41, 5.74) is 6.63. The van der Waals surface area contributed by atoms with Gasteiger partial charge in [-0.2, -0.15) is 0 Å². The van der Waals surface area contributed by atoms with Gasteiger partial charge in [-0.15, -0.1) is 10.2 Å². The van der Waals surface area contributed by atoms with E-state index < -0.39 is 0 Å². The van der Waals surface area contributed by atoms with E-state index in [1.807, 2.05) is 6.92 Å². The van der Waals surface area contributed by atoms with Crippen molar-refractivity contribution >= 4 is 11.8 Å². The van der Waals surface area contributed by atoms with Crippen LogP contribution in [0.1, 0.15) is 25.8 Å². The van der Waals surface area contributed by atoms with Crippen molar-refractivity contribution in [1.82, 2.24) is 10.2 Å². The van der Waals surface area contributed by atoms with E-state index in [4.69, 9.17) is 10.2 Å². The molecule has 13 heavy (non-hydrogen) atoms. The summed E-state index contributed by atoms with van der Waals surface area (Å²) in [6.07, 6.45) is 0. The topological polar surface area (TPSA) is 64.9 Å². The van der Waals surface area contributed by atoms with Gasteiger partial charge in [-0.05, 0) is 13.8 Å². The van der Waals surface area contributed by atoms with Gasteiger partial charge in [0.05, 0.1) is 6.04 Å². The normalized spacial score (nSPS) is 12.8. The molecule has 0 aliphatic heterocycles. The first kappa shape index (κ1) is 10.3. The van der Waals surface area contributed by atoms with Crippen LogP contribution in [0.5, 0.6) is 0 Å². The minimum Gasteiger partial charge on any atom is -0.414 e. The molecule has 2 N–H and O–H groups in total. The first-order chi connectivity index (χ1) is 6.09. The summed E-state index contributed by atoms with van der Waals surface area (Å²) in [6.45, 7) is 7.54. The van der Waals surface area contributed by atoms with E-state index in [-0.39, 0.29) is 6.04 Å². The highest BCUT2D eigenvalue weighted by Crippen LogP contribution is 2.19. The highest BCUT2D eigenvalue weighted by Gasteiger charge is 2.09. The Morgan fingerprint density at radius 1 is 1.69 bits per heavy atom. The molecule has 1 heterocycles. The second-order valence-corrected chi connectivity index (χ2v) is 3.87. The van der Waals surface area contributed by atoms with Gasteiger partial charge in [-0.1, -0.05) is 23.9 Å². The first-order valence-electron chi connectivity index (χ1n) is 3.95. The van der Waals surface area contributed by atoms with Crippen molar-refractivity contribution in [3.8, 4) is 0 Å². The van der Waals surface area contributed by atoms with Gasteiger partial charge in [0.1, 0.15) is 0 Å². The van der Waals surface area contributed by atoms with Crippen LogP contribution < -0.4 is 5.73 Å². The summed E-state index contributed by atoms with van der Waals surface area (Å²) in [7, 11) is 0. The highest BCUT2D eigenvalue weighted by molar-refractivity contribution is 7.99. The van der Waals surface area contributed by atoms with Crippen LogP contribution in [-0.2, 0) is 0 Å². The smallest absolute Gasteiger partial charge is 0.276 e. The van der Waals surface area contributed by atoms with Gasteiger partial charge in [0.15, 0.2) is 0 Å². The van der Waals surface area contributed by atoms with Crippen LogP contribution >= 0.6 is 11.8 Å². The lowest BCUT2D eigenvalue weighted by molar-refractivity contribution is 0.394. The van der Waals surface area contributed by atoms with Crippen molar-refractivity contribution in [1.29, 1.82) is 0 Å². The predicted octanol–water partition coefficient (Wildman–Crippen LogP) is 1.76. The Balaban J connectivity index is 2.54. The maximum Gasteiger partial charge on any atom is 0.276 e. The third-order valence-electron chi connectivity index (χ3n) is 1.25. The maximum atomic E-state index is 5.56. The molecule has 0 aliphatic rings. The van der Waals surface area contributed by atoms with E-state index in [0.717, 1.165) is 11.3 Å². The summed E-state index contributed by atoms with van der Waals surface area (Å²) >= 11 is 1.47. The molecule has 0 fully saturated rings. The fourth-order valence-electron chi connectivity index (χ4n) is 0.648. The van der Waals surface area contributed by atoms with Crippen LogP contribution in [0, 0.1) is 0 Å². The lowest BCUT2D eigenvalue weighted by Gasteiger charge is -1.95. The molecule has 0 saturated carbocycles. The molecule has 1 aromatic heterocycles. The Bertz CT molecular complexity index is 295. The molecule has 0 amide bonds. The van der Waals surface area contributed by atoms with Crippen molar-refractivity contribution in [2.75, 3.05) is 5.75 Å². The summed E-state index contributed by atoms with van der Waals surface area (Å²) in [5, 5.41) is 8.19. The van der Waals surface area contributed by atoms with Gasteiger partial charge in [-0.25, -0.2) is 0 Å². The van der Waals surface area contributed by atoms with Crippen LogP contribution in [0.4, 0.5) is 0 Å². The summed E-state index contributed by atoms with van der Waals surface area (Å²) < 4.78 is 5.27. The molecule has 1 atom stereocenters. The third kappa shape index (κ3) is 3.20. The van der Waals surface area contributed by atoms with Crippen molar-refractivity contribution in [3.05, 3.63) is 18.0 Å². The molecular weight excluding hydrogens is 186 g/mol. The number of rotatable bonds is 4. The lowest BCUT2D eigenvalue weighted by Crippen LogP contribution is -2.04. The van der Waals surface area contributed by atoms with Gasteiger partial charge in [0.2, 0.25) is 5.89 Å². The maximum absolute atomic E-state index is 5.56. The van der Waals surface area contributed by atoms with E-state index in [1.165, 1.54) is 11.8 Å². The molecule has 0 spiro atoms. The van der Waals surface area contributed by atoms with Crippen LogP contribution in [-0.4, -0.2) is 16.0 Å². The van der Waals surface area contributed by atoms with Crippen LogP contribution in [0.2, 0.25) is 0 Å². The molecule has 72 valence electrons. The quantitative estimate of drug-likeness (QED) is 0.591. The number of hydrogen-bond donors (Lipinski definition) is 1. The molecule has 0 aliphatic carbocycles. The Kier molecular flexibility index (Phi) is 3.50. The van der Waals surface area contributed by atoms with Crippen molar-refractivity contribution < 1.29 is 4.42 Å². The van der Waals surface area contributed by atoms with E-state index in [9.17, 15) is 0 Å². The highest BCUT2D eigenvalue weighted by atomic mass is 32.2. The number of hydrogen-bond acceptors (Lipinski definition) is 5. The first-order valence-corrected chi connectivity index (χ1v) is 4.94. The fraction of sp³-hybridized carbons (Fsp3) is 0.500. The predicted molar refractivity (Wildman–Crippen MR) is 52.4 cm³/mol. The van der Waals surface area contributed by atoms with Gasteiger partial charge in [0, 0.05) is 5.75 Å². The molecule has 0 radical (unpaired) electrons.